The Morgan fingerprint density at radius 3 is 2.60 bits per heavy atom. The number of hydrogen-bond donors (Lipinski definition) is 0. The van der Waals surface area contributed by atoms with Gasteiger partial charge < -0.3 is 0 Å². The summed E-state index contributed by atoms with van der Waals surface area (Å²) in [7, 11) is 0. The lowest BCUT2D eigenvalue weighted by Gasteiger charge is -2.08. The lowest BCUT2D eigenvalue weighted by Crippen LogP contribution is -2.12. The third-order valence-corrected chi connectivity index (χ3v) is 2.45. The van der Waals surface area contributed by atoms with E-state index in [9.17, 15) is 13.2 Å². The van der Waals surface area contributed by atoms with Crippen LogP contribution in [0.1, 0.15) is 11.5 Å². The van der Waals surface area contributed by atoms with Crippen LogP contribution < -0.4 is 0 Å². The molecule has 2 aromatic heterocycles. The van der Waals surface area contributed by atoms with Crippen molar-refractivity contribution in [3.05, 3.63) is 28.1 Å². The molecule has 2 rings (SSSR count). The highest BCUT2D eigenvalue weighted by molar-refractivity contribution is 9.10. The molecule has 0 aliphatic heterocycles. The first-order chi connectivity index (χ1) is 6.89. The first kappa shape index (κ1) is 10.4. The number of hydrogen-bond acceptors (Lipinski definition) is 2. The lowest BCUT2D eigenvalue weighted by molar-refractivity contribution is -0.142. The zero-order chi connectivity index (χ0) is 11.2. The maximum atomic E-state index is 12.6. The van der Waals surface area contributed by atoms with Crippen LogP contribution in [0.15, 0.2) is 16.6 Å². The fourth-order valence-electron chi connectivity index (χ4n) is 1.25. The Hall–Kier alpha value is -1.11. The molecule has 7 heteroatoms. The molecule has 0 amide bonds. The normalized spacial score (nSPS) is 12.3. The molecule has 80 valence electrons. The number of nitrogens with zero attached hydrogens (tertiary/aromatic N) is 3. The third kappa shape index (κ3) is 1.71. The van der Waals surface area contributed by atoms with Gasteiger partial charge in [0.25, 0.3) is 0 Å². The van der Waals surface area contributed by atoms with Gasteiger partial charge in [-0.05, 0) is 35.0 Å². The standard InChI is InChI=1S/C8H5BrF3N3/c1-4-13-7-5(9)2-3-6(8(10,11)12)15(7)14-4/h2-3H,1H3. The average Bonchev–Trinajstić information content (AvgIpc) is 2.45. The second kappa shape index (κ2) is 3.19. The number of alkyl halides is 3. The number of pyridine rings is 1. The average molecular weight is 280 g/mol. The second-order valence-corrected chi connectivity index (χ2v) is 3.81. The van der Waals surface area contributed by atoms with Crippen molar-refractivity contribution in [2.75, 3.05) is 0 Å². The largest absolute Gasteiger partial charge is 0.433 e. The van der Waals surface area contributed by atoms with Crippen molar-refractivity contribution in [3.8, 4) is 0 Å². The summed E-state index contributed by atoms with van der Waals surface area (Å²) in [6, 6.07) is 2.28. The van der Waals surface area contributed by atoms with E-state index in [2.05, 4.69) is 26.0 Å². The monoisotopic (exact) mass is 279 g/mol. The van der Waals surface area contributed by atoms with E-state index in [0.717, 1.165) is 10.6 Å². The van der Waals surface area contributed by atoms with Gasteiger partial charge in [0.2, 0.25) is 0 Å². The van der Waals surface area contributed by atoms with E-state index < -0.39 is 11.9 Å². The van der Waals surface area contributed by atoms with Crippen molar-refractivity contribution in [2.45, 2.75) is 13.1 Å². The quantitative estimate of drug-likeness (QED) is 0.742. The smallest absolute Gasteiger partial charge is 0.211 e. The van der Waals surface area contributed by atoms with Crippen molar-refractivity contribution in [1.29, 1.82) is 0 Å². The Morgan fingerprint density at radius 2 is 2.00 bits per heavy atom. The number of rotatable bonds is 0. The van der Waals surface area contributed by atoms with E-state index in [1.54, 1.807) is 6.92 Å². The molecule has 2 heterocycles. The van der Waals surface area contributed by atoms with E-state index in [0.29, 0.717) is 10.3 Å². The van der Waals surface area contributed by atoms with Gasteiger partial charge in [-0.25, -0.2) is 9.50 Å². The minimum Gasteiger partial charge on any atom is -0.211 e. The Bertz CT molecular complexity index is 518. The van der Waals surface area contributed by atoms with E-state index >= 15 is 0 Å². The summed E-state index contributed by atoms with van der Waals surface area (Å²) in [5, 5.41) is 3.70. The number of halogens is 4. The fraction of sp³-hybridized carbons (Fsp3) is 0.250. The van der Waals surface area contributed by atoms with Crippen LogP contribution in [0.4, 0.5) is 13.2 Å². The predicted molar refractivity (Wildman–Crippen MR) is 50.4 cm³/mol. The van der Waals surface area contributed by atoms with Gasteiger partial charge >= 0.3 is 6.18 Å². The molecular weight excluding hydrogens is 275 g/mol. The molecule has 0 saturated heterocycles. The predicted octanol–water partition coefficient (Wildman–Crippen LogP) is 2.82. The zero-order valence-electron chi connectivity index (χ0n) is 7.51. The molecule has 0 spiro atoms. The first-order valence-corrected chi connectivity index (χ1v) is 4.78. The van der Waals surface area contributed by atoms with Crippen LogP contribution in [0.5, 0.6) is 0 Å². The van der Waals surface area contributed by atoms with Gasteiger partial charge in [0, 0.05) is 0 Å². The van der Waals surface area contributed by atoms with Gasteiger partial charge in [-0.1, -0.05) is 0 Å². The number of aromatic nitrogens is 3. The summed E-state index contributed by atoms with van der Waals surface area (Å²) < 4.78 is 38.9. The van der Waals surface area contributed by atoms with Crippen LogP contribution in [0, 0.1) is 6.92 Å². The minimum absolute atomic E-state index is 0.169. The second-order valence-electron chi connectivity index (χ2n) is 2.96. The van der Waals surface area contributed by atoms with Gasteiger partial charge in [0.15, 0.2) is 5.65 Å². The Balaban J connectivity index is 2.83. The molecule has 0 unspecified atom stereocenters. The Kier molecular flexibility index (Phi) is 2.22. The molecular formula is C8H5BrF3N3. The highest BCUT2D eigenvalue weighted by Gasteiger charge is 2.34. The Labute approximate surface area is 91.1 Å². The maximum absolute atomic E-state index is 12.6. The molecule has 0 aliphatic carbocycles. The first-order valence-electron chi connectivity index (χ1n) is 3.98. The zero-order valence-corrected chi connectivity index (χ0v) is 9.09. The van der Waals surface area contributed by atoms with Gasteiger partial charge in [0.05, 0.1) is 4.47 Å². The molecule has 0 aliphatic rings. The summed E-state index contributed by atoms with van der Waals surface area (Å²) in [5.41, 5.74) is -0.663. The highest BCUT2D eigenvalue weighted by Crippen LogP contribution is 2.31. The lowest BCUT2D eigenvalue weighted by atomic mass is 10.3. The number of aryl methyl sites for hydroxylation is 1. The van der Waals surface area contributed by atoms with Crippen molar-refractivity contribution in [1.82, 2.24) is 14.6 Å². The molecule has 0 N–H and O–H groups in total. The van der Waals surface area contributed by atoms with Gasteiger partial charge in [-0.2, -0.15) is 18.3 Å². The van der Waals surface area contributed by atoms with E-state index in [1.165, 1.54) is 6.07 Å². The Morgan fingerprint density at radius 1 is 1.33 bits per heavy atom. The third-order valence-electron chi connectivity index (χ3n) is 1.83. The summed E-state index contributed by atoms with van der Waals surface area (Å²) in [6.45, 7) is 1.54. The van der Waals surface area contributed by atoms with Crippen molar-refractivity contribution >= 4 is 21.6 Å². The van der Waals surface area contributed by atoms with E-state index in [-0.39, 0.29) is 5.65 Å². The summed E-state index contributed by atoms with van der Waals surface area (Å²) in [4.78, 5) is 3.89. The molecule has 0 saturated carbocycles. The molecule has 15 heavy (non-hydrogen) atoms. The van der Waals surface area contributed by atoms with Gasteiger partial charge in [-0.3, -0.25) is 0 Å². The van der Waals surface area contributed by atoms with Crippen LogP contribution in [0.2, 0.25) is 0 Å². The van der Waals surface area contributed by atoms with Crippen LogP contribution >= 0.6 is 15.9 Å². The maximum Gasteiger partial charge on any atom is 0.433 e. The molecule has 0 atom stereocenters. The fourth-order valence-corrected chi connectivity index (χ4v) is 1.64. The topological polar surface area (TPSA) is 30.2 Å². The summed E-state index contributed by atoms with van der Waals surface area (Å²) in [5.74, 6) is 0.299. The summed E-state index contributed by atoms with van der Waals surface area (Å²) in [6.07, 6.45) is -4.43. The van der Waals surface area contributed by atoms with Crippen LogP contribution in [-0.2, 0) is 6.18 Å². The molecule has 0 bridgehead atoms. The summed E-state index contributed by atoms with van der Waals surface area (Å²) >= 11 is 3.12. The van der Waals surface area contributed by atoms with Crippen molar-refractivity contribution in [2.24, 2.45) is 0 Å². The van der Waals surface area contributed by atoms with Crippen LogP contribution in [0.25, 0.3) is 5.65 Å². The number of fused-ring (bicyclic) bond motifs is 1. The molecule has 0 radical (unpaired) electrons. The molecule has 2 aromatic rings. The van der Waals surface area contributed by atoms with E-state index in [4.69, 9.17) is 0 Å². The molecule has 0 aromatic carbocycles. The molecule has 3 nitrogen and oxygen atoms in total. The van der Waals surface area contributed by atoms with E-state index in [1.807, 2.05) is 0 Å². The van der Waals surface area contributed by atoms with Crippen LogP contribution in [-0.4, -0.2) is 14.6 Å². The van der Waals surface area contributed by atoms with Gasteiger partial charge in [0.1, 0.15) is 11.5 Å². The SMILES string of the molecule is Cc1nc2c(Br)ccc(C(F)(F)F)n2n1. The van der Waals surface area contributed by atoms with Crippen LogP contribution in [0.3, 0.4) is 0 Å². The van der Waals surface area contributed by atoms with Gasteiger partial charge in [-0.15, -0.1) is 0 Å². The minimum atomic E-state index is -4.43. The highest BCUT2D eigenvalue weighted by atomic mass is 79.9. The van der Waals surface area contributed by atoms with Crippen molar-refractivity contribution < 1.29 is 13.2 Å². The molecule has 0 fully saturated rings. The van der Waals surface area contributed by atoms with Crippen molar-refractivity contribution in [3.63, 3.8) is 0 Å².